The zero-order chi connectivity index (χ0) is 14.1. The van der Waals surface area contributed by atoms with Gasteiger partial charge in [-0.25, -0.2) is 0 Å². The van der Waals surface area contributed by atoms with Gasteiger partial charge in [-0.1, -0.05) is 6.07 Å². The second kappa shape index (κ2) is 6.05. The van der Waals surface area contributed by atoms with Crippen molar-refractivity contribution in [1.82, 2.24) is 0 Å². The molecule has 1 atom stereocenters. The highest BCUT2D eigenvalue weighted by Crippen LogP contribution is 2.38. The average molecular weight is 419 g/mol. The zero-order valence-corrected chi connectivity index (χ0v) is 14.6. The highest BCUT2D eigenvalue weighted by Gasteiger charge is 2.17. The van der Waals surface area contributed by atoms with Crippen LogP contribution in [0.4, 0.5) is 0 Å². The molecule has 0 amide bonds. The maximum atomic E-state index is 6.34. The smallest absolute Gasteiger partial charge is 0.161 e. The third-order valence-electron chi connectivity index (χ3n) is 3.10. The Labute approximate surface area is 138 Å². The van der Waals surface area contributed by atoms with Gasteiger partial charge in [-0.2, -0.15) is 0 Å². The summed E-state index contributed by atoms with van der Waals surface area (Å²) in [5.41, 5.74) is 7.37. The summed E-state index contributed by atoms with van der Waals surface area (Å²) in [6.07, 6.45) is 0.904. The van der Waals surface area contributed by atoms with Gasteiger partial charge < -0.3 is 15.2 Å². The molecule has 1 aliphatic rings. The monoisotopic (exact) mass is 417 g/mol. The number of hydrogen-bond donors (Lipinski definition) is 1. The molecule has 3 nitrogen and oxygen atoms in total. The summed E-state index contributed by atoms with van der Waals surface area (Å²) >= 11 is 8.62. The first kappa shape index (κ1) is 14.4. The third-order valence-corrected chi connectivity index (χ3v) is 6.44. The Balaban J connectivity index is 1.92. The molecule has 3 rings (SSSR count). The van der Waals surface area contributed by atoms with Crippen LogP contribution in [-0.4, -0.2) is 13.2 Å². The van der Waals surface area contributed by atoms with Crippen LogP contribution >= 0.6 is 43.2 Å². The number of ether oxygens (including phenoxy) is 2. The van der Waals surface area contributed by atoms with Crippen molar-refractivity contribution in [2.45, 2.75) is 12.5 Å². The van der Waals surface area contributed by atoms with Gasteiger partial charge in [0.2, 0.25) is 0 Å². The van der Waals surface area contributed by atoms with Crippen molar-refractivity contribution in [2.75, 3.05) is 13.2 Å². The summed E-state index contributed by atoms with van der Waals surface area (Å²) in [6.45, 7) is 1.38. The molecular weight excluding hydrogens is 406 g/mol. The molecular formula is C14H13Br2NO2S. The maximum absolute atomic E-state index is 6.34. The number of halogens is 2. The Hall–Kier alpha value is -0.560. The minimum atomic E-state index is -0.167. The summed E-state index contributed by atoms with van der Waals surface area (Å²) in [7, 11) is 0. The van der Waals surface area contributed by atoms with Gasteiger partial charge in [0.05, 0.1) is 23.0 Å². The van der Waals surface area contributed by atoms with Crippen LogP contribution < -0.4 is 15.2 Å². The van der Waals surface area contributed by atoms with Crippen molar-refractivity contribution in [2.24, 2.45) is 5.73 Å². The predicted molar refractivity (Wildman–Crippen MR) is 87.8 cm³/mol. The van der Waals surface area contributed by atoms with E-state index in [-0.39, 0.29) is 6.04 Å². The largest absolute Gasteiger partial charge is 0.490 e. The van der Waals surface area contributed by atoms with Crippen molar-refractivity contribution in [3.8, 4) is 11.5 Å². The summed E-state index contributed by atoms with van der Waals surface area (Å²) < 4.78 is 13.4. The lowest BCUT2D eigenvalue weighted by Crippen LogP contribution is -2.10. The summed E-state index contributed by atoms with van der Waals surface area (Å²) in [5.74, 6) is 1.58. The molecule has 106 valence electrons. The van der Waals surface area contributed by atoms with Crippen LogP contribution in [0, 0.1) is 0 Å². The van der Waals surface area contributed by atoms with Crippen molar-refractivity contribution < 1.29 is 9.47 Å². The molecule has 0 aliphatic carbocycles. The summed E-state index contributed by atoms with van der Waals surface area (Å²) in [4.78, 5) is 1.10. The fourth-order valence-corrected chi connectivity index (χ4v) is 4.17. The Morgan fingerprint density at radius 3 is 2.55 bits per heavy atom. The quantitative estimate of drug-likeness (QED) is 0.781. The zero-order valence-electron chi connectivity index (χ0n) is 10.6. The number of fused-ring (bicyclic) bond motifs is 1. The molecule has 2 aromatic rings. The Kier molecular flexibility index (Phi) is 4.35. The van der Waals surface area contributed by atoms with Gasteiger partial charge in [0.15, 0.2) is 11.5 Å². The van der Waals surface area contributed by atoms with Crippen LogP contribution in [0.15, 0.2) is 32.5 Å². The molecule has 2 N–H and O–H groups in total. The fourth-order valence-electron chi connectivity index (χ4n) is 2.05. The van der Waals surface area contributed by atoms with Crippen LogP contribution in [-0.2, 0) is 0 Å². The number of thiophene rings is 1. The van der Waals surface area contributed by atoms with E-state index in [1.807, 2.05) is 24.3 Å². The summed E-state index contributed by atoms with van der Waals surface area (Å²) in [6, 6.07) is 7.79. The van der Waals surface area contributed by atoms with E-state index in [9.17, 15) is 0 Å². The summed E-state index contributed by atoms with van der Waals surface area (Å²) in [5, 5.41) is 0. The van der Waals surface area contributed by atoms with E-state index in [2.05, 4.69) is 31.9 Å². The lowest BCUT2D eigenvalue weighted by Gasteiger charge is -2.13. The minimum Gasteiger partial charge on any atom is -0.490 e. The SMILES string of the molecule is NC(c1ccc2c(c1)OCCCO2)c1cc(Br)c(Br)s1. The van der Waals surface area contributed by atoms with E-state index in [1.165, 1.54) is 0 Å². The molecule has 0 bridgehead atoms. The van der Waals surface area contributed by atoms with Crippen molar-refractivity contribution in [1.29, 1.82) is 0 Å². The predicted octanol–water partition coefficient (Wildman–Crippen LogP) is 4.48. The Morgan fingerprint density at radius 1 is 1.10 bits per heavy atom. The molecule has 1 aromatic heterocycles. The van der Waals surface area contributed by atoms with Gasteiger partial charge in [0.25, 0.3) is 0 Å². The molecule has 0 saturated heterocycles. The highest BCUT2D eigenvalue weighted by atomic mass is 79.9. The van der Waals surface area contributed by atoms with E-state index in [0.717, 1.165) is 36.6 Å². The molecule has 0 spiro atoms. The lowest BCUT2D eigenvalue weighted by atomic mass is 10.1. The molecule has 6 heteroatoms. The molecule has 1 aliphatic heterocycles. The second-order valence-corrected chi connectivity index (χ2v) is 7.76. The van der Waals surface area contributed by atoms with Crippen LogP contribution in [0.25, 0.3) is 0 Å². The fraction of sp³-hybridized carbons (Fsp3) is 0.286. The van der Waals surface area contributed by atoms with Crippen molar-refractivity contribution >= 4 is 43.2 Å². The van der Waals surface area contributed by atoms with Crippen LogP contribution in [0.1, 0.15) is 22.9 Å². The first-order valence-corrected chi connectivity index (χ1v) is 8.65. The molecule has 0 radical (unpaired) electrons. The van der Waals surface area contributed by atoms with Gasteiger partial charge in [-0.15, -0.1) is 11.3 Å². The maximum Gasteiger partial charge on any atom is 0.161 e. The van der Waals surface area contributed by atoms with Gasteiger partial charge in [-0.3, -0.25) is 0 Å². The Morgan fingerprint density at radius 2 is 1.85 bits per heavy atom. The number of nitrogens with two attached hydrogens (primary N) is 1. The van der Waals surface area contributed by atoms with E-state index >= 15 is 0 Å². The first-order valence-electron chi connectivity index (χ1n) is 6.25. The van der Waals surface area contributed by atoms with Crippen molar-refractivity contribution in [3.05, 3.63) is 43.0 Å². The number of hydrogen-bond acceptors (Lipinski definition) is 4. The Bertz CT molecular complexity index is 610. The first-order chi connectivity index (χ1) is 9.65. The molecule has 1 unspecified atom stereocenters. The lowest BCUT2D eigenvalue weighted by molar-refractivity contribution is 0.297. The number of rotatable bonds is 2. The molecule has 0 saturated carbocycles. The standard InChI is InChI=1S/C14H13Br2NO2S/c15-9-7-12(20-14(9)16)13(17)8-2-3-10-11(6-8)19-5-1-4-18-10/h2-3,6-7,13H,1,4-5,17H2. The van der Waals surface area contributed by atoms with E-state index in [4.69, 9.17) is 15.2 Å². The van der Waals surface area contributed by atoms with E-state index in [0.29, 0.717) is 13.2 Å². The van der Waals surface area contributed by atoms with E-state index < -0.39 is 0 Å². The van der Waals surface area contributed by atoms with Crippen molar-refractivity contribution in [3.63, 3.8) is 0 Å². The van der Waals surface area contributed by atoms with Gasteiger partial charge in [0, 0.05) is 15.8 Å². The van der Waals surface area contributed by atoms with Gasteiger partial charge >= 0.3 is 0 Å². The number of benzene rings is 1. The topological polar surface area (TPSA) is 44.5 Å². The van der Waals surface area contributed by atoms with Crippen LogP contribution in [0.2, 0.25) is 0 Å². The van der Waals surface area contributed by atoms with E-state index in [1.54, 1.807) is 11.3 Å². The molecule has 2 heterocycles. The average Bonchev–Trinajstić information content (AvgIpc) is 2.67. The molecule has 20 heavy (non-hydrogen) atoms. The third kappa shape index (κ3) is 2.88. The second-order valence-electron chi connectivity index (χ2n) is 4.50. The molecule has 0 fully saturated rings. The highest BCUT2D eigenvalue weighted by molar-refractivity contribution is 9.13. The normalized spacial score (nSPS) is 15.8. The minimum absolute atomic E-state index is 0.167. The molecule has 1 aromatic carbocycles. The van der Waals surface area contributed by atoms with Gasteiger partial charge in [0.1, 0.15) is 0 Å². The van der Waals surface area contributed by atoms with Crippen LogP contribution in [0.3, 0.4) is 0 Å². The van der Waals surface area contributed by atoms with Crippen LogP contribution in [0.5, 0.6) is 11.5 Å². The van der Waals surface area contributed by atoms with Gasteiger partial charge in [-0.05, 0) is 55.6 Å².